The summed E-state index contributed by atoms with van der Waals surface area (Å²) in [5, 5.41) is 3.30. The van der Waals surface area contributed by atoms with E-state index in [-0.39, 0.29) is 11.9 Å². The number of thiocarbonyl (C=S) groups is 1. The molecule has 0 bridgehead atoms. The van der Waals surface area contributed by atoms with Crippen molar-refractivity contribution in [3.63, 3.8) is 0 Å². The fourth-order valence-electron chi connectivity index (χ4n) is 1.92. The summed E-state index contributed by atoms with van der Waals surface area (Å²) in [5.74, 6) is -0.242. The molecule has 0 aliphatic heterocycles. The molecule has 2 aromatic rings. The molecule has 2 nitrogen and oxygen atoms in total. The van der Waals surface area contributed by atoms with Gasteiger partial charge in [-0.3, -0.25) is 0 Å². The van der Waals surface area contributed by atoms with Gasteiger partial charge in [0.15, 0.2) is 0 Å². The summed E-state index contributed by atoms with van der Waals surface area (Å²) < 4.78 is 13.2. The number of hydrogen-bond donors (Lipinski definition) is 2. The quantitative estimate of drug-likeness (QED) is 0.836. The molecular formula is C15H15FN2S. The summed E-state index contributed by atoms with van der Waals surface area (Å²) in [6, 6.07) is 14.0. The van der Waals surface area contributed by atoms with Crippen LogP contribution in [0.25, 0.3) is 0 Å². The predicted octanol–water partition coefficient (Wildman–Crippen LogP) is 3.63. The molecule has 0 amide bonds. The van der Waals surface area contributed by atoms with Crippen LogP contribution >= 0.6 is 12.2 Å². The minimum Gasteiger partial charge on any atom is -0.389 e. The van der Waals surface area contributed by atoms with E-state index in [0.29, 0.717) is 4.99 Å². The highest BCUT2D eigenvalue weighted by Crippen LogP contribution is 2.22. The lowest BCUT2D eigenvalue weighted by Gasteiger charge is -2.18. The molecule has 0 saturated carbocycles. The van der Waals surface area contributed by atoms with Gasteiger partial charge >= 0.3 is 0 Å². The molecule has 3 N–H and O–H groups in total. The van der Waals surface area contributed by atoms with Crippen LogP contribution in [0.1, 0.15) is 24.1 Å². The summed E-state index contributed by atoms with van der Waals surface area (Å²) >= 11 is 5.02. The SMILES string of the molecule is CC(Nc1ccccc1C(N)=S)c1cccc(F)c1. The Morgan fingerprint density at radius 2 is 1.95 bits per heavy atom. The first-order chi connectivity index (χ1) is 9.08. The van der Waals surface area contributed by atoms with Gasteiger partial charge in [-0.2, -0.15) is 0 Å². The van der Waals surface area contributed by atoms with Crippen LogP contribution in [0.2, 0.25) is 0 Å². The lowest BCUT2D eigenvalue weighted by atomic mass is 10.1. The van der Waals surface area contributed by atoms with Crippen LogP contribution in [0.3, 0.4) is 0 Å². The molecule has 0 aliphatic rings. The maximum Gasteiger partial charge on any atom is 0.123 e. The van der Waals surface area contributed by atoms with Crippen molar-refractivity contribution in [1.29, 1.82) is 0 Å². The first kappa shape index (κ1) is 13.5. The molecule has 0 radical (unpaired) electrons. The summed E-state index contributed by atoms with van der Waals surface area (Å²) in [4.78, 5) is 0.342. The Morgan fingerprint density at radius 1 is 1.21 bits per heavy atom. The van der Waals surface area contributed by atoms with E-state index in [9.17, 15) is 4.39 Å². The lowest BCUT2D eigenvalue weighted by Crippen LogP contribution is -2.15. The van der Waals surface area contributed by atoms with E-state index in [1.165, 1.54) is 12.1 Å². The molecule has 0 aliphatic carbocycles. The fraction of sp³-hybridized carbons (Fsp3) is 0.133. The van der Waals surface area contributed by atoms with Crippen LogP contribution in [0, 0.1) is 5.82 Å². The highest BCUT2D eigenvalue weighted by Gasteiger charge is 2.09. The van der Waals surface area contributed by atoms with E-state index >= 15 is 0 Å². The van der Waals surface area contributed by atoms with Gasteiger partial charge in [-0.15, -0.1) is 0 Å². The smallest absolute Gasteiger partial charge is 0.123 e. The van der Waals surface area contributed by atoms with Crippen molar-refractivity contribution in [3.05, 3.63) is 65.5 Å². The van der Waals surface area contributed by atoms with Gasteiger partial charge in [-0.25, -0.2) is 4.39 Å². The van der Waals surface area contributed by atoms with Gasteiger partial charge in [-0.05, 0) is 36.8 Å². The number of nitrogens with one attached hydrogen (secondary N) is 1. The van der Waals surface area contributed by atoms with Crippen LogP contribution in [-0.4, -0.2) is 4.99 Å². The molecular weight excluding hydrogens is 259 g/mol. The molecule has 0 fully saturated rings. The van der Waals surface area contributed by atoms with Crippen molar-refractivity contribution in [2.24, 2.45) is 5.73 Å². The zero-order chi connectivity index (χ0) is 13.8. The van der Waals surface area contributed by atoms with Crippen LogP contribution < -0.4 is 11.1 Å². The van der Waals surface area contributed by atoms with Gasteiger partial charge < -0.3 is 11.1 Å². The number of benzene rings is 2. The minimum absolute atomic E-state index is 0.0359. The first-order valence-corrected chi connectivity index (χ1v) is 6.39. The third kappa shape index (κ3) is 3.29. The summed E-state index contributed by atoms with van der Waals surface area (Å²) in [6.07, 6.45) is 0. The fourth-order valence-corrected chi connectivity index (χ4v) is 2.09. The van der Waals surface area contributed by atoms with Crippen LogP contribution in [-0.2, 0) is 0 Å². The second kappa shape index (κ2) is 5.80. The van der Waals surface area contributed by atoms with Crippen LogP contribution in [0.5, 0.6) is 0 Å². The van der Waals surface area contributed by atoms with Gasteiger partial charge in [-0.1, -0.05) is 36.5 Å². The first-order valence-electron chi connectivity index (χ1n) is 5.99. The summed E-state index contributed by atoms with van der Waals surface area (Å²) in [5.41, 5.74) is 8.20. The molecule has 4 heteroatoms. The summed E-state index contributed by atoms with van der Waals surface area (Å²) in [6.45, 7) is 1.96. The zero-order valence-corrected chi connectivity index (χ0v) is 11.4. The molecule has 0 spiro atoms. The predicted molar refractivity (Wildman–Crippen MR) is 80.8 cm³/mol. The van der Waals surface area contributed by atoms with Gasteiger partial charge in [0.05, 0.1) is 0 Å². The summed E-state index contributed by atoms with van der Waals surface area (Å²) in [7, 11) is 0. The Kier molecular flexibility index (Phi) is 4.12. The van der Waals surface area contributed by atoms with E-state index < -0.39 is 0 Å². The van der Waals surface area contributed by atoms with Crippen LogP contribution in [0.15, 0.2) is 48.5 Å². The highest BCUT2D eigenvalue weighted by molar-refractivity contribution is 7.80. The molecule has 19 heavy (non-hydrogen) atoms. The van der Waals surface area contributed by atoms with Crippen molar-refractivity contribution in [2.45, 2.75) is 13.0 Å². The van der Waals surface area contributed by atoms with E-state index in [4.69, 9.17) is 18.0 Å². The van der Waals surface area contributed by atoms with Crippen molar-refractivity contribution in [2.75, 3.05) is 5.32 Å². The Labute approximate surface area is 117 Å². The molecule has 0 aromatic heterocycles. The second-order valence-corrected chi connectivity index (χ2v) is 4.77. The topological polar surface area (TPSA) is 38.0 Å². The molecule has 2 rings (SSSR count). The van der Waals surface area contributed by atoms with Crippen molar-refractivity contribution >= 4 is 22.9 Å². The lowest BCUT2D eigenvalue weighted by molar-refractivity contribution is 0.623. The Morgan fingerprint density at radius 3 is 2.63 bits per heavy atom. The molecule has 0 heterocycles. The number of rotatable bonds is 4. The largest absolute Gasteiger partial charge is 0.389 e. The third-order valence-electron chi connectivity index (χ3n) is 2.91. The molecule has 98 valence electrons. The standard InChI is InChI=1S/C15H15FN2S/c1-10(11-5-4-6-12(16)9-11)18-14-8-3-2-7-13(14)15(17)19/h2-10,18H,1H3,(H2,17,19). The average molecular weight is 274 g/mol. The van der Waals surface area contributed by atoms with Crippen molar-refractivity contribution < 1.29 is 4.39 Å². The van der Waals surface area contributed by atoms with Crippen molar-refractivity contribution in [3.8, 4) is 0 Å². The van der Waals surface area contributed by atoms with Gasteiger partial charge in [0.2, 0.25) is 0 Å². The molecule has 1 unspecified atom stereocenters. The van der Waals surface area contributed by atoms with Crippen molar-refractivity contribution in [1.82, 2.24) is 0 Å². The zero-order valence-electron chi connectivity index (χ0n) is 10.6. The van der Waals surface area contributed by atoms with E-state index in [1.807, 2.05) is 37.3 Å². The van der Waals surface area contributed by atoms with E-state index in [0.717, 1.165) is 16.8 Å². The average Bonchev–Trinajstić information content (AvgIpc) is 2.39. The van der Waals surface area contributed by atoms with Crippen LogP contribution in [0.4, 0.5) is 10.1 Å². The number of para-hydroxylation sites is 1. The third-order valence-corrected chi connectivity index (χ3v) is 3.13. The minimum atomic E-state index is -0.242. The Hall–Kier alpha value is -1.94. The van der Waals surface area contributed by atoms with Gasteiger partial charge in [0, 0.05) is 17.3 Å². The monoisotopic (exact) mass is 274 g/mol. The maximum absolute atomic E-state index is 13.2. The highest BCUT2D eigenvalue weighted by atomic mass is 32.1. The molecule has 0 saturated heterocycles. The van der Waals surface area contributed by atoms with E-state index in [1.54, 1.807) is 6.07 Å². The van der Waals surface area contributed by atoms with Gasteiger partial charge in [0.25, 0.3) is 0 Å². The van der Waals surface area contributed by atoms with Gasteiger partial charge in [0.1, 0.15) is 10.8 Å². The second-order valence-electron chi connectivity index (χ2n) is 4.33. The number of hydrogen-bond acceptors (Lipinski definition) is 2. The Balaban J connectivity index is 2.24. The molecule has 1 atom stereocenters. The number of halogens is 1. The maximum atomic E-state index is 13.2. The van der Waals surface area contributed by atoms with E-state index in [2.05, 4.69) is 5.32 Å². The number of nitrogens with two attached hydrogens (primary N) is 1. The number of anilines is 1. The Bertz CT molecular complexity index is 598. The molecule has 2 aromatic carbocycles. The normalized spacial score (nSPS) is 11.9.